The summed E-state index contributed by atoms with van der Waals surface area (Å²) in [5.74, 6) is -0.419. The standard InChI is InChI=1S/C23H22N4O2/c1-16(23(29)25-19-12-10-17(14-24)11-13-19)27(2)15-22(28)26-21-9-5-7-18-6-3-4-8-20(18)21/h3-13,16H,15H2,1-2H3,(H,25,29)(H,26,28)/t16-/m1/s1. The fourth-order valence-electron chi connectivity index (χ4n) is 2.96. The van der Waals surface area contributed by atoms with Gasteiger partial charge in [-0.25, -0.2) is 0 Å². The van der Waals surface area contributed by atoms with E-state index in [1.807, 2.05) is 48.5 Å². The van der Waals surface area contributed by atoms with Gasteiger partial charge in [-0.05, 0) is 49.7 Å². The molecule has 6 nitrogen and oxygen atoms in total. The van der Waals surface area contributed by atoms with E-state index in [0.717, 1.165) is 16.5 Å². The maximum atomic E-state index is 12.5. The number of nitrogens with zero attached hydrogens (tertiary/aromatic N) is 2. The van der Waals surface area contributed by atoms with Gasteiger partial charge in [-0.2, -0.15) is 5.26 Å². The molecular formula is C23H22N4O2. The summed E-state index contributed by atoms with van der Waals surface area (Å²) in [6.45, 7) is 1.81. The van der Waals surface area contributed by atoms with Crippen molar-refractivity contribution in [3.05, 3.63) is 72.3 Å². The summed E-state index contributed by atoms with van der Waals surface area (Å²) in [5.41, 5.74) is 1.88. The molecule has 6 heteroatoms. The lowest BCUT2D eigenvalue weighted by atomic mass is 10.1. The first-order valence-electron chi connectivity index (χ1n) is 9.27. The van der Waals surface area contributed by atoms with E-state index in [1.54, 1.807) is 43.1 Å². The van der Waals surface area contributed by atoms with Crippen LogP contribution >= 0.6 is 0 Å². The Hall–Kier alpha value is -3.69. The van der Waals surface area contributed by atoms with Crippen molar-refractivity contribution >= 4 is 34.0 Å². The van der Waals surface area contributed by atoms with Gasteiger partial charge < -0.3 is 10.6 Å². The third kappa shape index (κ3) is 4.98. The molecule has 0 aromatic heterocycles. The van der Waals surface area contributed by atoms with Crippen LogP contribution in [0, 0.1) is 11.3 Å². The van der Waals surface area contributed by atoms with E-state index in [2.05, 4.69) is 10.6 Å². The monoisotopic (exact) mass is 386 g/mol. The summed E-state index contributed by atoms with van der Waals surface area (Å²) in [6, 6.07) is 21.8. The second-order valence-electron chi connectivity index (χ2n) is 6.84. The third-order valence-corrected chi connectivity index (χ3v) is 4.78. The van der Waals surface area contributed by atoms with E-state index in [1.165, 1.54) is 0 Å². The van der Waals surface area contributed by atoms with Gasteiger partial charge in [0, 0.05) is 16.8 Å². The Morgan fingerprint density at radius 1 is 1.00 bits per heavy atom. The van der Waals surface area contributed by atoms with Crippen LogP contribution in [-0.2, 0) is 9.59 Å². The SMILES string of the molecule is C[C@H](C(=O)Nc1ccc(C#N)cc1)N(C)CC(=O)Nc1cccc2ccccc12. The third-order valence-electron chi connectivity index (χ3n) is 4.78. The average molecular weight is 386 g/mol. The van der Waals surface area contributed by atoms with Crippen molar-refractivity contribution in [2.24, 2.45) is 0 Å². The molecule has 0 radical (unpaired) electrons. The molecule has 29 heavy (non-hydrogen) atoms. The number of carbonyl (C=O) groups is 2. The first-order chi connectivity index (χ1) is 14.0. The number of amides is 2. The molecule has 3 aromatic carbocycles. The molecule has 2 N–H and O–H groups in total. The number of anilines is 2. The number of hydrogen-bond donors (Lipinski definition) is 2. The summed E-state index contributed by atoms with van der Waals surface area (Å²) in [6.07, 6.45) is 0. The van der Waals surface area contributed by atoms with Crippen molar-refractivity contribution in [3.63, 3.8) is 0 Å². The van der Waals surface area contributed by atoms with Crippen LogP contribution in [0.5, 0.6) is 0 Å². The number of benzene rings is 3. The van der Waals surface area contributed by atoms with Crippen LogP contribution < -0.4 is 10.6 Å². The Kier molecular flexibility index (Phi) is 6.22. The van der Waals surface area contributed by atoms with Crippen LogP contribution in [0.4, 0.5) is 11.4 Å². The Balaban J connectivity index is 1.59. The minimum absolute atomic E-state index is 0.0746. The van der Waals surface area contributed by atoms with Gasteiger partial charge in [0.05, 0.1) is 24.2 Å². The van der Waals surface area contributed by atoms with Gasteiger partial charge in [0.25, 0.3) is 0 Å². The minimum atomic E-state index is -0.510. The van der Waals surface area contributed by atoms with Crippen molar-refractivity contribution in [2.75, 3.05) is 24.2 Å². The summed E-state index contributed by atoms with van der Waals surface area (Å²) in [7, 11) is 1.73. The molecule has 0 unspecified atom stereocenters. The highest BCUT2D eigenvalue weighted by molar-refractivity contribution is 6.03. The van der Waals surface area contributed by atoms with Crippen molar-refractivity contribution in [3.8, 4) is 6.07 Å². The van der Waals surface area contributed by atoms with Gasteiger partial charge in [0.2, 0.25) is 11.8 Å². The van der Waals surface area contributed by atoms with Gasteiger partial charge in [0.1, 0.15) is 0 Å². The predicted octanol–water partition coefficient (Wildman–Crippen LogP) is 3.61. The molecule has 0 saturated heterocycles. The zero-order valence-electron chi connectivity index (χ0n) is 16.3. The second-order valence-corrected chi connectivity index (χ2v) is 6.84. The zero-order valence-corrected chi connectivity index (χ0v) is 16.3. The average Bonchev–Trinajstić information content (AvgIpc) is 2.73. The molecule has 0 saturated carbocycles. The van der Waals surface area contributed by atoms with Gasteiger partial charge in [0.15, 0.2) is 0 Å². The van der Waals surface area contributed by atoms with E-state index in [0.29, 0.717) is 11.3 Å². The molecule has 146 valence electrons. The quantitative estimate of drug-likeness (QED) is 0.678. The van der Waals surface area contributed by atoms with E-state index < -0.39 is 6.04 Å². The van der Waals surface area contributed by atoms with Gasteiger partial charge in [-0.3, -0.25) is 14.5 Å². The summed E-state index contributed by atoms with van der Waals surface area (Å²) < 4.78 is 0. The minimum Gasteiger partial charge on any atom is -0.325 e. The van der Waals surface area contributed by atoms with Gasteiger partial charge in [-0.15, -0.1) is 0 Å². The lowest BCUT2D eigenvalue weighted by Crippen LogP contribution is -2.43. The van der Waals surface area contributed by atoms with E-state index in [9.17, 15) is 9.59 Å². The molecular weight excluding hydrogens is 364 g/mol. The zero-order chi connectivity index (χ0) is 20.8. The summed E-state index contributed by atoms with van der Waals surface area (Å²) >= 11 is 0. The maximum Gasteiger partial charge on any atom is 0.241 e. The molecule has 3 rings (SSSR count). The predicted molar refractivity (Wildman–Crippen MR) is 114 cm³/mol. The first-order valence-corrected chi connectivity index (χ1v) is 9.27. The molecule has 0 aliphatic rings. The second kappa shape index (κ2) is 9.00. The molecule has 0 aliphatic carbocycles. The van der Waals surface area contributed by atoms with Crippen LogP contribution in [0.1, 0.15) is 12.5 Å². The first kappa shape index (κ1) is 20.1. The lowest BCUT2D eigenvalue weighted by molar-refractivity contribution is -0.122. The Bertz CT molecular complexity index is 1060. The van der Waals surface area contributed by atoms with Gasteiger partial charge >= 0.3 is 0 Å². The molecule has 2 amide bonds. The van der Waals surface area contributed by atoms with Crippen molar-refractivity contribution in [1.82, 2.24) is 4.90 Å². The highest BCUT2D eigenvalue weighted by atomic mass is 16.2. The largest absolute Gasteiger partial charge is 0.325 e. The molecule has 0 bridgehead atoms. The maximum absolute atomic E-state index is 12.5. The number of hydrogen-bond acceptors (Lipinski definition) is 4. The Morgan fingerprint density at radius 2 is 1.69 bits per heavy atom. The van der Waals surface area contributed by atoms with Crippen LogP contribution in [-0.4, -0.2) is 36.3 Å². The van der Waals surface area contributed by atoms with E-state index in [-0.39, 0.29) is 18.4 Å². The Labute approximate surface area is 169 Å². The van der Waals surface area contributed by atoms with E-state index in [4.69, 9.17) is 5.26 Å². The summed E-state index contributed by atoms with van der Waals surface area (Å²) in [4.78, 5) is 26.7. The summed E-state index contributed by atoms with van der Waals surface area (Å²) in [5, 5.41) is 16.6. The topological polar surface area (TPSA) is 85.2 Å². The lowest BCUT2D eigenvalue weighted by Gasteiger charge is -2.23. The highest BCUT2D eigenvalue weighted by Crippen LogP contribution is 2.22. The fourth-order valence-corrected chi connectivity index (χ4v) is 2.96. The normalized spacial score (nSPS) is 11.7. The fraction of sp³-hybridized carbons (Fsp3) is 0.174. The molecule has 0 spiro atoms. The molecule has 3 aromatic rings. The van der Waals surface area contributed by atoms with Gasteiger partial charge in [-0.1, -0.05) is 36.4 Å². The van der Waals surface area contributed by atoms with Crippen LogP contribution in [0.15, 0.2) is 66.7 Å². The number of likely N-dealkylation sites (N-methyl/N-ethyl adjacent to an activating group) is 1. The number of nitriles is 1. The number of rotatable bonds is 6. The van der Waals surface area contributed by atoms with E-state index >= 15 is 0 Å². The van der Waals surface area contributed by atoms with Crippen LogP contribution in [0.2, 0.25) is 0 Å². The molecule has 0 heterocycles. The molecule has 0 fully saturated rings. The number of nitrogens with one attached hydrogen (secondary N) is 2. The number of carbonyl (C=O) groups excluding carboxylic acids is 2. The molecule has 0 aliphatic heterocycles. The van der Waals surface area contributed by atoms with Crippen molar-refractivity contribution in [2.45, 2.75) is 13.0 Å². The van der Waals surface area contributed by atoms with Crippen LogP contribution in [0.25, 0.3) is 10.8 Å². The number of fused-ring (bicyclic) bond motifs is 1. The van der Waals surface area contributed by atoms with Crippen molar-refractivity contribution in [1.29, 1.82) is 5.26 Å². The Morgan fingerprint density at radius 3 is 2.41 bits per heavy atom. The smallest absolute Gasteiger partial charge is 0.241 e. The molecule has 1 atom stereocenters. The van der Waals surface area contributed by atoms with Crippen molar-refractivity contribution < 1.29 is 9.59 Å². The highest BCUT2D eigenvalue weighted by Gasteiger charge is 2.20. The van der Waals surface area contributed by atoms with Crippen LogP contribution in [0.3, 0.4) is 0 Å².